The molecule has 0 saturated carbocycles. The summed E-state index contributed by atoms with van der Waals surface area (Å²) in [6.07, 6.45) is 1.56. The van der Waals surface area contributed by atoms with Gasteiger partial charge in [0.05, 0.1) is 21.3 Å². The van der Waals surface area contributed by atoms with E-state index in [0.29, 0.717) is 10.2 Å². The lowest BCUT2D eigenvalue weighted by molar-refractivity contribution is -0.383. The molecule has 0 spiro atoms. The van der Waals surface area contributed by atoms with Crippen molar-refractivity contribution in [3.63, 3.8) is 0 Å². The number of carbonyl (C=O) groups excluding carboxylic acids is 1. The lowest BCUT2D eigenvalue weighted by atomic mass is 10.2. The number of hydrogen-bond donors (Lipinski definition) is 2. The Morgan fingerprint density at radius 2 is 2.40 bits per heavy atom. The second kappa shape index (κ2) is 4.69. The average Bonchev–Trinajstić information content (AvgIpc) is 3.01. The van der Waals surface area contributed by atoms with Crippen LogP contribution in [0.5, 0.6) is 0 Å². The highest BCUT2D eigenvalue weighted by molar-refractivity contribution is 7.23. The van der Waals surface area contributed by atoms with Crippen molar-refractivity contribution in [3.05, 3.63) is 22.4 Å². The van der Waals surface area contributed by atoms with Crippen LogP contribution in [0.15, 0.2) is 12.3 Å². The van der Waals surface area contributed by atoms with Gasteiger partial charge < -0.3 is 5.32 Å². The molecule has 102 valence electrons. The van der Waals surface area contributed by atoms with E-state index in [4.69, 9.17) is 11.6 Å². The molecule has 0 aliphatic heterocycles. The number of nitro groups is 1. The van der Waals surface area contributed by atoms with Crippen molar-refractivity contribution < 1.29 is 9.72 Å². The zero-order chi connectivity index (χ0) is 14.3. The summed E-state index contributed by atoms with van der Waals surface area (Å²) in [5.41, 5.74) is 0.626. The van der Waals surface area contributed by atoms with Crippen molar-refractivity contribution >= 4 is 60.8 Å². The van der Waals surface area contributed by atoms with Gasteiger partial charge in [-0.2, -0.15) is 5.10 Å². The molecule has 0 aliphatic carbocycles. The maximum absolute atomic E-state index is 11.3. The summed E-state index contributed by atoms with van der Waals surface area (Å²) in [7, 11) is 0. The predicted octanol–water partition coefficient (Wildman–Crippen LogP) is 2.26. The van der Waals surface area contributed by atoms with Gasteiger partial charge in [-0.3, -0.25) is 20.0 Å². The molecular formula is C10H6ClN5O3S. The van der Waals surface area contributed by atoms with Gasteiger partial charge in [-0.25, -0.2) is 4.98 Å². The maximum atomic E-state index is 11.3. The van der Waals surface area contributed by atoms with Crippen LogP contribution in [0.25, 0.3) is 21.1 Å². The summed E-state index contributed by atoms with van der Waals surface area (Å²) in [6.45, 7) is 0. The van der Waals surface area contributed by atoms with E-state index in [0.717, 1.165) is 16.7 Å². The number of nitro benzene ring substituents is 1. The monoisotopic (exact) mass is 311 g/mol. The van der Waals surface area contributed by atoms with Gasteiger partial charge in [-0.05, 0) is 0 Å². The number of benzene rings is 1. The number of aromatic amines is 1. The number of anilines is 1. The first-order chi connectivity index (χ1) is 9.60. The van der Waals surface area contributed by atoms with E-state index in [2.05, 4.69) is 20.5 Å². The molecule has 8 nitrogen and oxygen atoms in total. The summed E-state index contributed by atoms with van der Waals surface area (Å²) in [4.78, 5) is 25.9. The van der Waals surface area contributed by atoms with Gasteiger partial charge in [-0.15, -0.1) is 11.6 Å². The number of fused-ring (bicyclic) bond motifs is 3. The Balaban J connectivity index is 2.26. The lowest BCUT2D eigenvalue weighted by Gasteiger charge is -1.94. The highest BCUT2D eigenvalue weighted by Crippen LogP contribution is 2.37. The third-order valence-electron chi connectivity index (χ3n) is 2.63. The standard InChI is InChI=1S/C10H6ClN5O3S/c11-2-7(17)13-10-14-8-6(16(18)19)1-5-4(3-12-15-5)9(8)20-10/h1,3H,2H2,(H,12,15)(H,13,14,17). The van der Waals surface area contributed by atoms with Gasteiger partial charge in [-0.1, -0.05) is 11.3 Å². The zero-order valence-corrected chi connectivity index (χ0v) is 11.3. The molecule has 0 aliphatic rings. The molecule has 1 aromatic carbocycles. The van der Waals surface area contributed by atoms with Crippen LogP contribution >= 0.6 is 22.9 Å². The molecule has 0 unspecified atom stereocenters. The van der Waals surface area contributed by atoms with E-state index in [1.807, 2.05) is 0 Å². The number of hydrogen-bond acceptors (Lipinski definition) is 6. The SMILES string of the molecule is O=C(CCl)Nc1nc2c([N+](=O)[O-])cc3[nH]ncc3c2s1. The average molecular weight is 312 g/mol. The highest BCUT2D eigenvalue weighted by Gasteiger charge is 2.21. The number of amides is 1. The van der Waals surface area contributed by atoms with Crippen LogP contribution in [0.1, 0.15) is 0 Å². The molecular weight excluding hydrogens is 306 g/mol. The minimum Gasteiger partial charge on any atom is -0.301 e. The van der Waals surface area contributed by atoms with Crippen molar-refractivity contribution in [2.75, 3.05) is 11.2 Å². The van der Waals surface area contributed by atoms with Gasteiger partial charge in [0, 0.05) is 11.5 Å². The Morgan fingerprint density at radius 3 is 3.10 bits per heavy atom. The van der Waals surface area contributed by atoms with Crippen LogP contribution in [-0.4, -0.2) is 31.9 Å². The predicted molar refractivity (Wildman–Crippen MR) is 75.3 cm³/mol. The molecule has 3 rings (SSSR count). The molecule has 0 bridgehead atoms. The molecule has 0 saturated heterocycles. The largest absolute Gasteiger partial charge is 0.301 e. The van der Waals surface area contributed by atoms with Gasteiger partial charge in [0.15, 0.2) is 10.6 Å². The fourth-order valence-corrected chi connectivity index (χ4v) is 2.90. The molecule has 10 heteroatoms. The summed E-state index contributed by atoms with van der Waals surface area (Å²) in [5, 5.41) is 21.1. The zero-order valence-electron chi connectivity index (χ0n) is 9.71. The first-order valence-electron chi connectivity index (χ1n) is 5.37. The second-order valence-corrected chi connectivity index (χ2v) is 5.13. The first kappa shape index (κ1) is 12.8. The van der Waals surface area contributed by atoms with Crippen molar-refractivity contribution in [3.8, 4) is 0 Å². The fraction of sp³-hybridized carbons (Fsp3) is 0.100. The maximum Gasteiger partial charge on any atom is 0.298 e. The highest BCUT2D eigenvalue weighted by atomic mass is 35.5. The lowest BCUT2D eigenvalue weighted by Crippen LogP contribution is -2.12. The Morgan fingerprint density at radius 1 is 1.60 bits per heavy atom. The van der Waals surface area contributed by atoms with Gasteiger partial charge in [0.1, 0.15) is 5.88 Å². The quantitative estimate of drug-likeness (QED) is 0.437. The van der Waals surface area contributed by atoms with E-state index in [9.17, 15) is 14.9 Å². The van der Waals surface area contributed by atoms with Crippen molar-refractivity contribution in [2.45, 2.75) is 0 Å². The van der Waals surface area contributed by atoms with Gasteiger partial charge >= 0.3 is 0 Å². The number of nitrogens with one attached hydrogen (secondary N) is 2. The molecule has 2 aromatic heterocycles. The smallest absolute Gasteiger partial charge is 0.298 e. The van der Waals surface area contributed by atoms with Crippen molar-refractivity contribution in [1.82, 2.24) is 15.2 Å². The van der Waals surface area contributed by atoms with E-state index in [1.165, 1.54) is 6.07 Å². The Labute approximate surface area is 119 Å². The van der Waals surface area contributed by atoms with Crippen molar-refractivity contribution in [2.24, 2.45) is 0 Å². The summed E-state index contributed by atoms with van der Waals surface area (Å²) >= 11 is 6.54. The third kappa shape index (κ3) is 1.96. The summed E-state index contributed by atoms with van der Waals surface area (Å²) in [6, 6.07) is 1.37. The van der Waals surface area contributed by atoms with E-state index < -0.39 is 10.8 Å². The molecule has 0 fully saturated rings. The third-order valence-corrected chi connectivity index (χ3v) is 3.88. The summed E-state index contributed by atoms with van der Waals surface area (Å²) in [5.74, 6) is -0.629. The number of H-pyrrole nitrogens is 1. The summed E-state index contributed by atoms with van der Waals surface area (Å²) < 4.78 is 0.591. The van der Waals surface area contributed by atoms with Crippen LogP contribution in [0.4, 0.5) is 10.8 Å². The van der Waals surface area contributed by atoms with Crippen LogP contribution < -0.4 is 5.32 Å². The number of carbonyl (C=O) groups is 1. The number of alkyl halides is 1. The van der Waals surface area contributed by atoms with E-state index in [1.54, 1.807) is 6.20 Å². The molecule has 3 aromatic rings. The minimum absolute atomic E-state index is 0.139. The van der Waals surface area contributed by atoms with Crippen LogP contribution in [-0.2, 0) is 4.79 Å². The minimum atomic E-state index is -0.518. The number of halogens is 1. The molecule has 0 radical (unpaired) electrons. The Hall–Kier alpha value is -2.26. The topological polar surface area (TPSA) is 114 Å². The number of rotatable bonds is 3. The Bertz CT molecular complexity index is 842. The van der Waals surface area contributed by atoms with Crippen LogP contribution in [0.3, 0.4) is 0 Å². The van der Waals surface area contributed by atoms with Gasteiger partial charge in [0.2, 0.25) is 5.91 Å². The molecule has 2 N–H and O–H groups in total. The van der Waals surface area contributed by atoms with Crippen LogP contribution in [0.2, 0.25) is 0 Å². The second-order valence-electron chi connectivity index (χ2n) is 3.86. The van der Waals surface area contributed by atoms with Crippen molar-refractivity contribution in [1.29, 1.82) is 0 Å². The molecule has 2 heterocycles. The normalized spacial score (nSPS) is 11.1. The Kier molecular flexibility index (Phi) is 2.99. The number of non-ortho nitro benzene ring substituents is 1. The fourth-order valence-electron chi connectivity index (χ4n) is 1.81. The first-order valence-corrected chi connectivity index (χ1v) is 6.72. The molecule has 1 amide bonds. The molecule has 20 heavy (non-hydrogen) atoms. The van der Waals surface area contributed by atoms with E-state index >= 15 is 0 Å². The van der Waals surface area contributed by atoms with E-state index in [-0.39, 0.29) is 22.2 Å². The van der Waals surface area contributed by atoms with Crippen LogP contribution in [0, 0.1) is 10.1 Å². The van der Waals surface area contributed by atoms with Gasteiger partial charge in [0.25, 0.3) is 5.69 Å². The number of nitrogens with zero attached hydrogens (tertiary/aromatic N) is 3. The molecule has 0 atom stereocenters. The number of thiazole rings is 1. The number of aromatic nitrogens is 3.